The maximum atomic E-state index is 4.61. The van der Waals surface area contributed by atoms with Gasteiger partial charge >= 0.3 is 0 Å². The van der Waals surface area contributed by atoms with Crippen molar-refractivity contribution in [3.63, 3.8) is 0 Å². The molecule has 0 aliphatic carbocycles. The maximum absolute atomic E-state index is 4.61. The molecular formula is C23H19N. The fourth-order valence-corrected chi connectivity index (χ4v) is 2.32. The first-order valence-electron chi connectivity index (χ1n) is 8.01. The van der Waals surface area contributed by atoms with Gasteiger partial charge in [-0.3, -0.25) is 0 Å². The molecule has 0 atom stereocenters. The van der Waals surface area contributed by atoms with Gasteiger partial charge in [-0.1, -0.05) is 97.1 Å². The predicted octanol–water partition coefficient (Wildman–Crippen LogP) is 6.07. The van der Waals surface area contributed by atoms with E-state index in [1.54, 1.807) is 0 Å². The van der Waals surface area contributed by atoms with Gasteiger partial charge in [-0.25, -0.2) is 4.98 Å². The lowest BCUT2D eigenvalue weighted by atomic mass is 10.2. The average molecular weight is 309 g/mol. The average Bonchev–Trinajstić information content (AvgIpc) is 2.64. The molecule has 0 saturated heterocycles. The van der Waals surface area contributed by atoms with Crippen LogP contribution in [-0.2, 0) is 0 Å². The van der Waals surface area contributed by atoms with Crippen LogP contribution >= 0.6 is 0 Å². The van der Waals surface area contributed by atoms with Gasteiger partial charge in [-0.2, -0.15) is 0 Å². The summed E-state index contributed by atoms with van der Waals surface area (Å²) in [5.41, 5.74) is 3.19. The Morgan fingerprint density at radius 1 is 0.542 bits per heavy atom. The zero-order valence-electron chi connectivity index (χ0n) is 13.4. The third kappa shape index (κ3) is 4.65. The lowest BCUT2D eigenvalue weighted by molar-refractivity contribution is 1.37. The Bertz CT molecular complexity index is 899. The zero-order valence-corrected chi connectivity index (χ0v) is 13.4. The Hall–Kier alpha value is -3.19. The summed E-state index contributed by atoms with van der Waals surface area (Å²) >= 11 is 0. The van der Waals surface area contributed by atoms with Crippen LogP contribution in [-0.4, -0.2) is 4.98 Å². The van der Waals surface area contributed by atoms with Crippen molar-refractivity contribution in [2.45, 2.75) is 0 Å². The Balaban J connectivity index is 1.54. The second-order valence-electron chi connectivity index (χ2n) is 5.33. The molecule has 24 heavy (non-hydrogen) atoms. The number of rotatable bonds is 5. The predicted molar refractivity (Wildman–Crippen MR) is 105 cm³/mol. The number of aromatic nitrogens is 1. The van der Waals surface area contributed by atoms with Crippen molar-refractivity contribution in [1.82, 2.24) is 4.98 Å². The quantitative estimate of drug-likeness (QED) is 0.521. The first-order valence-corrected chi connectivity index (χ1v) is 8.01. The summed E-state index contributed by atoms with van der Waals surface area (Å²) in [5, 5.41) is 1.17. The molecular weight excluding hydrogens is 290 g/mol. The molecule has 3 aromatic rings. The second kappa shape index (κ2) is 8.44. The molecule has 1 aromatic heterocycles. The highest BCUT2D eigenvalue weighted by Gasteiger charge is 1.93. The van der Waals surface area contributed by atoms with Gasteiger partial charge in [0.2, 0.25) is 0 Å². The fourth-order valence-electron chi connectivity index (χ4n) is 2.32. The van der Waals surface area contributed by atoms with Gasteiger partial charge in [0.05, 0.1) is 11.2 Å². The molecule has 1 nitrogen and oxygen atoms in total. The van der Waals surface area contributed by atoms with E-state index in [2.05, 4.69) is 35.3 Å². The standard InChI is InChI=1S/C23H19N/c1(3-6-12-20-13-7-5-8-14-20)2-4-9-16-22-19-18-21-15-10-11-17-23(21)24-22/h1-19H/b3-1-,4-2-,12-6+,16-9-. The number of hydrogen-bond acceptors (Lipinski definition) is 1. The van der Waals surface area contributed by atoms with Gasteiger partial charge in [0.25, 0.3) is 0 Å². The van der Waals surface area contributed by atoms with Gasteiger partial charge < -0.3 is 0 Å². The number of fused-ring (bicyclic) bond motifs is 1. The van der Waals surface area contributed by atoms with Crippen LogP contribution in [0.5, 0.6) is 0 Å². The number of allylic oxidation sites excluding steroid dienone is 6. The largest absolute Gasteiger partial charge is 0.248 e. The fraction of sp³-hybridized carbons (Fsp3) is 0. The Kier molecular flexibility index (Phi) is 5.52. The molecule has 0 amide bonds. The van der Waals surface area contributed by atoms with Crippen LogP contribution in [0.3, 0.4) is 0 Å². The van der Waals surface area contributed by atoms with Crippen molar-refractivity contribution >= 4 is 23.1 Å². The zero-order chi connectivity index (χ0) is 16.5. The SMILES string of the molecule is C(=C/C=C\c1ccc2ccccc2n1)/C=C\C=C\c1ccccc1. The smallest absolute Gasteiger partial charge is 0.0709 e. The van der Waals surface area contributed by atoms with Crippen LogP contribution in [0.15, 0.2) is 103 Å². The van der Waals surface area contributed by atoms with Crippen molar-refractivity contribution in [2.24, 2.45) is 0 Å². The molecule has 0 aliphatic rings. The summed E-state index contributed by atoms with van der Waals surface area (Å²) in [7, 11) is 0. The Morgan fingerprint density at radius 2 is 1.21 bits per heavy atom. The number of nitrogens with zero attached hydrogens (tertiary/aromatic N) is 1. The van der Waals surface area contributed by atoms with Crippen LogP contribution in [0.2, 0.25) is 0 Å². The molecule has 1 heterocycles. The van der Waals surface area contributed by atoms with Gasteiger partial charge in [0, 0.05) is 5.39 Å². The van der Waals surface area contributed by atoms with E-state index in [0.717, 1.165) is 11.2 Å². The summed E-state index contributed by atoms with van der Waals surface area (Å²) in [4.78, 5) is 4.61. The molecule has 0 radical (unpaired) electrons. The van der Waals surface area contributed by atoms with E-state index in [0.29, 0.717) is 0 Å². The van der Waals surface area contributed by atoms with E-state index < -0.39 is 0 Å². The highest BCUT2D eigenvalue weighted by Crippen LogP contribution is 2.12. The molecule has 0 bridgehead atoms. The van der Waals surface area contributed by atoms with Gasteiger partial charge in [0.1, 0.15) is 0 Å². The van der Waals surface area contributed by atoms with Gasteiger partial charge in [0.15, 0.2) is 0 Å². The number of pyridine rings is 1. The van der Waals surface area contributed by atoms with Crippen LogP contribution in [0.1, 0.15) is 11.3 Å². The minimum Gasteiger partial charge on any atom is -0.248 e. The third-order valence-corrected chi connectivity index (χ3v) is 3.53. The molecule has 0 aliphatic heterocycles. The van der Waals surface area contributed by atoms with Crippen molar-refractivity contribution in [2.75, 3.05) is 0 Å². The lowest BCUT2D eigenvalue weighted by Gasteiger charge is -1.97. The van der Waals surface area contributed by atoms with E-state index >= 15 is 0 Å². The molecule has 0 saturated carbocycles. The number of hydrogen-bond donors (Lipinski definition) is 0. The summed E-state index contributed by atoms with van der Waals surface area (Å²) in [6.07, 6.45) is 16.2. The van der Waals surface area contributed by atoms with Crippen LogP contribution in [0.4, 0.5) is 0 Å². The first-order chi connectivity index (χ1) is 11.9. The summed E-state index contributed by atoms with van der Waals surface area (Å²) < 4.78 is 0. The second-order valence-corrected chi connectivity index (χ2v) is 5.33. The lowest BCUT2D eigenvalue weighted by Crippen LogP contribution is -1.81. The number of benzene rings is 2. The summed E-state index contributed by atoms with van der Waals surface area (Å²) in [6.45, 7) is 0. The van der Waals surface area contributed by atoms with Crippen molar-refractivity contribution in [1.29, 1.82) is 0 Å². The van der Waals surface area contributed by atoms with Crippen molar-refractivity contribution in [3.8, 4) is 0 Å². The van der Waals surface area contributed by atoms with E-state index in [1.807, 2.05) is 85.0 Å². The van der Waals surface area contributed by atoms with E-state index in [4.69, 9.17) is 0 Å². The minimum atomic E-state index is 0.964. The molecule has 3 rings (SSSR count). The molecule has 0 N–H and O–H groups in total. The Labute approximate surface area is 143 Å². The highest BCUT2D eigenvalue weighted by molar-refractivity contribution is 5.79. The van der Waals surface area contributed by atoms with E-state index in [1.165, 1.54) is 10.9 Å². The number of para-hydroxylation sites is 1. The highest BCUT2D eigenvalue weighted by atomic mass is 14.7. The third-order valence-electron chi connectivity index (χ3n) is 3.53. The van der Waals surface area contributed by atoms with Crippen LogP contribution in [0, 0.1) is 0 Å². The van der Waals surface area contributed by atoms with Crippen molar-refractivity contribution in [3.05, 3.63) is 114 Å². The molecule has 1 heteroatoms. The maximum Gasteiger partial charge on any atom is 0.0709 e. The Morgan fingerprint density at radius 3 is 2.04 bits per heavy atom. The summed E-state index contributed by atoms with van der Waals surface area (Å²) in [5.74, 6) is 0. The van der Waals surface area contributed by atoms with Crippen molar-refractivity contribution < 1.29 is 0 Å². The normalized spacial score (nSPS) is 12.3. The van der Waals surface area contributed by atoms with Crippen LogP contribution in [0.25, 0.3) is 23.1 Å². The molecule has 2 aromatic carbocycles. The van der Waals surface area contributed by atoms with Gasteiger partial charge in [-0.05, 0) is 23.8 Å². The van der Waals surface area contributed by atoms with E-state index in [9.17, 15) is 0 Å². The first kappa shape index (κ1) is 15.7. The molecule has 0 fully saturated rings. The van der Waals surface area contributed by atoms with Crippen LogP contribution < -0.4 is 0 Å². The summed E-state index contributed by atoms with van der Waals surface area (Å²) in [6, 6.07) is 22.5. The molecule has 0 spiro atoms. The topological polar surface area (TPSA) is 12.9 Å². The van der Waals surface area contributed by atoms with E-state index in [-0.39, 0.29) is 0 Å². The molecule has 116 valence electrons. The minimum absolute atomic E-state index is 0.964. The van der Waals surface area contributed by atoms with Gasteiger partial charge in [-0.15, -0.1) is 0 Å². The molecule has 0 unspecified atom stereocenters. The monoisotopic (exact) mass is 309 g/mol.